The highest BCUT2D eigenvalue weighted by Gasteiger charge is 2.35. The van der Waals surface area contributed by atoms with Crippen LogP contribution in [0.2, 0.25) is 0 Å². The van der Waals surface area contributed by atoms with Crippen molar-refractivity contribution in [3.8, 4) is 0 Å². The van der Waals surface area contributed by atoms with Gasteiger partial charge in [0.15, 0.2) is 0 Å². The monoisotopic (exact) mass is 308 g/mol. The lowest BCUT2D eigenvalue weighted by atomic mass is 9.65. The molecule has 0 bridgehead atoms. The van der Waals surface area contributed by atoms with Crippen molar-refractivity contribution in [1.29, 1.82) is 0 Å². The summed E-state index contributed by atoms with van der Waals surface area (Å²) < 4.78 is 5.89. The second kappa shape index (κ2) is 7.66. The van der Waals surface area contributed by atoms with Crippen LogP contribution in [0.4, 0.5) is 0 Å². The largest absolute Gasteiger partial charge is 0.393 e. The molecule has 2 saturated carbocycles. The van der Waals surface area contributed by atoms with E-state index in [0.29, 0.717) is 6.10 Å². The van der Waals surface area contributed by atoms with E-state index in [1.54, 1.807) is 0 Å². The Morgan fingerprint density at radius 1 is 1.00 bits per heavy atom. The number of hydrogen-bond donors (Lipinski definition) is 1. The molecule has 3 fully saturated rings. The molecule has 3 rings (SSSR count). The van der Waals surface area contributed by atoms with Crippen LogP contribution < -0.4 is 0 Å². The van der Waals surface area contributed by atoms with E-state index in [-0.39, 0.29) is 6.10 Å². The maximum Gasteiger partial charge on any atom is 0.0601 e. The lowest BCUT2D eigenvalue weighted by Gasteiger charge is -2.41. The predicted octanol–water partition coefficient (Wildman–Crippen LogP) is 4.80. The van der Waals surface area contributed by atoms with Crippen LogP contribution >= 0.6 is 0 Å². The zero-order chi connectivity index (χ0) is 15.5. The summed E-state index contributed by atoms with van der Waals surface area (Å²) >= 11 is 0. The SMILES string of the molecule is CC1CC(C2CCC(O)CC2)CCC1CC(C)C1CCCO1. The summed E-state index contributed by atoms with van der Waals surface area (Å²) in [6.45, 7) is 5.90. The van der Waals surface area contributed by atoms with Crippen LogP contribution in [0.1, 0.15) is 78.1 Å². The molecule has 22 heavy (non-hydrogen) atoms. The molecule has 1 heterocycles. The summed E-state index contributed by atoms with van der Waals surface area (Å²) in [6, 6.07) is 0. The Kier molecular flexibility index (Phi) is 5.84. The highest BCUT2D eigenvalue weighted by molar-refractivity contribution is 4.86. The average molecular weight is 309 g/mol. The predicted molar refractivity (Wildman–Crippen MR) is 90.7 cm³/mol. The van der Waals surface area contributed by atoms with Gasteiger partial charge in [0, 0.05) is 6.61 Å². The van der Waals surface area contributed by atoms with Crippen LogP contribution in [-0.2, 0) is 4.74 Å². The van der Waals surface area contributed by atoms with Crippen LogP contribution in [0.5, 0.6) is 0 Å². The van der Waals surface area contributed by atoms with Crippen LogP contribution in [0.3, 0.4) is 0 Å². The van der Waals surface area contributed by atoms with Gasteiger partial charge in [-0.3, -0.25) is 0 Å². The minimum atomic E-state index is -0.00252. The van der Waals surface area contributed by atoms with Gasteiger partial charge in [-0.15, -0.1) is 0 Å². The number of rotatable bonds is 4. The Labute approximate surface area is 137 Å². The number of aliphatic hydroxyl groups is 1. The number of ether oxygens (including phenoxy) is 1. The van der Waals surface area contributed by atoms with Crippen molar-refractivity contribution < 1.29 is 9.84 Å². The molecule has 1 N–H and O–H groups in total. The van der Waals surface area contributed by atoms with Gasteiger partial charge in [0.05, 0.1) is 12.2 Å². The van der Waals surface area contributed by atoms with Crippen LogP contribution in [0.15, 0.2) is 0 Å². The Morgan fingerprint density at radius 3 is 2.36 bits per heavy atom. The summed E-state index contributed by atoms with van der Waals surface area (Å²) in [5.74, 6) is 4.40. The summed E-state index contributed by atoms with van der Waals surface area (Å²) in [4.78, 5) is 0. The van der Waals surface area contributed by atoms with Crippen LogP contribution in [0.25, 0.3) is 0 Å². The third-order valence-electron chi connectivity index (χ3n) is 7.07. The van der Waals surface area contributed by atoms with Crippen molar-refractivity contribution in [3.05, 3.63) is 0 Å². The Balaban J connectivity index is 1.45. The van der Waals surface area contributed by atoms with Crippen molar-refractivity contribution in [2.75, 3.05) is 6.61 Å². The van der Waals surface area contributed by atoms with Crippen molar-refractivity contribution in [2.45, 2.75) is 90.3 Å². The molecule has 0 spiro atoms. The third kappa shape index (κ3) is 4.06. The second-order valence-corrected chi connectivity index (χ2v) is 8.64. The third-order valence-corrected chi connectivity index (χ3v) is 7.07. The minimum absolute atomic E-state index is 0.00252. The van der Waals surface area contributed by atoms with Gasteiger partial charge >= 0.3 is 0 Å². The maximum absolute atomic E-state index is 9.71. The first-order valence-electron chi connectivity index (χ1n) is 9.93. The van der Waals surface area contributed by atoms with E-state index in [0.717, 1.165) is 49.0 Å². The fourth-order valence-corrected chi connectivity index (χ4v) is 5.53. The van der Waals surface area contributed by atoms with Gasteiger partial charge in [0.1, 0.15) is 0 Å². The van der Waals surface area contributed by atoms with E-state index >= 15 is 0 Å². The van der Waals surface area contributed by atoms with Crippen LogP contribution in [0, 0.1) is 29.6 Å². The van der Waals surface area contributed by atoms with Gasteiger partial charge in [-0.2, -0.15) is 0 Å². The van der Waals surface area contributed by atoms with E-state index in [1.807, 2.05) is 0 Å². The topological polar surface area (TPSA) is 29.5 Å². The van der Waals surface area contributed by atoms with Crippen molar-refractivity contribution in [3.63, 3.8) is 0 Å². The fraction of sp³-hybridized carbons (Fsp3) is 1.00. The molecular weight excluding hydrogens is 272 g/mol. The zero-order valence-electron chi connectivity index (χ0n) is 14.7. The molecule has 1 saturated heterocycles. The van der Waals surface area contributed by atoms with Crippen molar-refractivity contribution in [1.82, 2.24) is 0 Å². The van der Waals surface area contributed by atoms with E-state index in [9.17, 15) is 5.11 Å². The smallest absolute Gasteiger partial charge is 0.0601 e. The molecule has 0 aromatic heterocycles. The average Bonchev–Trinajstić information content (AvgIpc) is 3.04. The molecule has 2 nitrogen and oxygen atoms in total. The standard InChI is InChI=1S/C20H36O2/c1-14-12-18(16-7-9-19(21)10-8-16)6-5-17(14)13-15(2)20-4-3-11-22-20/h14-21H,3-13H2,1-2H3. The van der Waals surface area contributed by atoms with Gasteiger partial charge in [-0.05, 0) is 93.8 Å². The molecule has 2 heteroatoms. The fourth-order valence-electron chi connectivity index (χ4n) is 5.53. The molecule has 0 aromatic rings. The van der Waals surface area contributed by atoms with Gasteiger partial charge < -0.3 is 9.84 Å². The molecule has 128 valence electrons. The molecule has 5 atom stereocenters. The van der Waals surface area contributed by atoms with Gasteiger partial charge in [0.25, 0.3) is 0 Å². The van der Waals surface area contributed by atoms with E-state index in [1.165, 1.54) is 51.4 Å². The summed E-state index contributed by atoms with van der Waals surface area (Å²) in [7, 11) is 0. The first-order valence-corrected chi connectivity index (χ1v) is 9.93. The molecule has 0 radical (unpaired) electrons. The lowest BCUT2D eigenvalue weighted by molar-refractivity contribution is 0.0363. The molecule has 2 aliphatic carbocycles. The second-order valence-electron chi connectivity index (χ2n) is 8.64. The van der Waals surface area contributed by atoms with Crippen molar-refractivity contribution >= 4 is 0 Å². The van der Waals surface area contributed by atoms with Crippen LogP contribution in [-0.4, -0.2) is 23.9 Å². The Hall–Kier alpha value is -0.0800. The van der Waals surface area contributed by atoms with Gasteiger partial charge in [-0.25, -0.2) is 0 Å². The highest BCUT2D eigenvalue weighted by Crippen LogP contribution is 2.44. The van der Waals surface area contributed by atoms with E-state index in [2.05, 4.69) is 13.8 Å². The van der Waals surface area contributed by atoms with Crippen molar-refractivity contribution in [2.24, 2.45) is 29.6 Å². The quantitative estimate of drug-likeness (QED) is 0.808. The highest BCUT2D eigenvalue weighted by atomic mass is 16.5. The van der Waals surface area contributed by atoms with Gasteiger partial charge in [-0.1, -0.05) is 13.8 Å². The van der Waals surface area contributed by atoms with Gasteiger partial charge in [0.2, 0.25) is 0 Å². The molecule has 1 aliphatic heterocycles. The zero-order valence-corrected chi connectivity index (χ0v) is 14.7. The summed E-state index contributed by atoms with van der Waals surface area (Å²) in [5, 5.41) is 9.71. The van der Waals surface area contributed by atoms with E-state index in [4.69, 9.17) is 4.74 Å². The molecule has 5 unspecified atom stereocenters. The summed E-state index contributed by atoms with van der Waals surface area (Å²) in [6.07, 6.45) is 13.4. The number of hydrogen-bond acceptors (Lipinski definition) is 2. The lowest BCUT2D eigenvalue weighted by Crippen LogP contribution is -2.32. The Morgan fingerprint density at radius 2 is 1.73 bits per heavy atom. The maximum atomic E-state index is 9.71. The molecular formula is C20H36O2. The Bertz CT molecular complexity index is 329. The van der Waals surface area contributed by atoms with E-state index < -0.39 is 0 Å². The molecule has 0 aromatic carbocycles. The normalized spacial score (nSPS) is 44.9. The molecule has 0 amide bonds. The first kappa shape index (κ1) is 16.8. The summed E-state index contributed by atoms with van der Waals surface area (Å²) in [5.41, 5.74) is 0. The first-order chi connectivity index (χ1) is 10.6. The minimum Gasteiger partial charge on any atom is -0.393 e. The number of aliphatic hydroxyl groups excluding tert-OH is 1. The molecule has 3 aliphatic rings.